The maximum atomic E-state index is 12.7. The molecule has 1 aromatic carbocycles. The number of aryl methyl sites for hydroxylation is 1. The summed E-state index contributed by atoms with van der Waals surface area (Å²) in [5.41, 5.74) is 0.258. The van der Waals surface area contributed by atoms with Crippen LogP contribution in [-0.2, 0) is 19.8 Å². The van der Waals surface area contributed by atoms with Crippen LogP contribution in [0.2, 0.25) is 0 Å². The van der Waals surface area contributed by atoms with Gasteiger partial charge in [-0.2, -0.15) is 13.2 Å². The highest BCUT2D eigenvalue weighted by Crippen LogP contribution is 2.31. The van der Waals surface area contributed by atoms with E-state index in [-0.39, 0.29) is 42.9 Å². The molecule has 10 heteroatoms. The first-order valence-corrected chi connectivity index (χ1v) is 8.89. The Hall–Kier alpha value is -1.95. The summed E-state index contributed by atoms with van der Waals surface area (Å²) in [7, 11) is 1.93. The monoisotopic (exact) mass is 526 g/mol. The Morgan fingerprint density at radius 2 is 2.03 bits per heavy atom. The van der Waals surface area contributed by atoms with E-state index < -0.39 is 17.8 Å². The van der Waals surface area contributed by atoms with Gasteiger partial charge in [0, 0.05) is 32.5 Å². The topological polar surface area (TPSA) is 70.8 Å². The molecule has 29 heavy (non-hydrogen) atoms. The van der Waals surface area contributed by atoms with Crippen molar-refractivity contribution in [3.63, 3.8) is 0 Å². The van der Waals surface area contributed by atoms with Crippen LogP contribution in [0.3, 0.4) is 0 Å². The molecule has 0 aliphatic rings. The number of nitrogens with one attached hydrogen (secondary N) is 2. The average Bonchev–Trinajstić information content (AvgIpc) is 3.07. The van der Waals surface area contributed by atoms with E-state index in [2.05, 4.69) is 15.6 Å². The van der Waals surface area contributed by atoms with E-state index in [9.17, 15) is 18.3 Å². The van der Waals surface area contributed by atoms with Gasteiger partial charge >= 0.3 is 6.18 Å². The number of aromatic nitrogens is 1. The molecule has 0 spiro atoms. The van der Waals surface area contributed by atoms with Crippen molar-refractivity contribution in [3.05, 3.63) is 53.9 Å². The third kappa shape index (κ3) is 8.94. The summed E-state index contributed by atoms with van der Waals surface area (Å²) < 4.78 is 45.3. The Morgan fingerprint density at radius 3 is 2.66 bits per heavy atom. The lowest BCUT2D eigenvalue weighted by atomic mass is 10.2. The van der Waals surface area contributed by atoms with Crippen molar-refractivity contribution >= 4 is 29.9 Å². The SMILES string of the molecule is CCNC(=NCc1ccn(C)c1)NCC(O)COc1cccc(C(F)(F)F)c1.I. The number of nitrogens with zero attached hydrogens (tertiary/aromatic N) is 2. The van der Waals surface area contributed by atoms with Gasteiger partial charge in [-0.25, -0.2) is 4.99 Å². The summed E-state index contributed by atoms with van der Waals surface area (Å²) in [5, 5.41) is 16.1. The van der Waals surface area contributed by atoms with Crippen LogP contribution in [0.25, 0.3) is 0 Å². The lowest BCUT2D eigenvalue weighted by Crippen LogP contribution is -2.42. The van der Waals surface area contributed by atoms with Gasteiger partial charge in [-0.05, 0) is 36.8 Å². The summed E-state index contributed by atoms with van der Waals surface area (Å²) in [4.78, 5) is 4.43. The molecule has 0 aliphatic carbocycles. The molecule has 0 bridgehead atoms. The fourth-order valence-corrected chi connectivity index (χ4v) is 2.39. The molecule has 0 aliphatic heterocycles. The largest absolute Gasteiger partial charge is 0.491 e. The number of guanidine groups is 1. The summed E-state index contributed by atoms with van der Waals surface area (Å²) in [6.45, 7) is 3.04. The number of aliphatic hydroxyl groups excluding tert-OH is 1. The summed E-state index contributed by atoms with van der Waals surface area (Å²) in [6, 6.07) is 6.52. The standard InChI is InChI=1S/C19H25F3N4O2.HI/c1-3-23-18(24-10-14-7-8-26(2)12-14)25-11-16(27)13-28-17-6-4-5-15(9-17)19(20,21)22;/h4-9,12,16,27H,3,10-11,13H2,1-2H3,(H2,23,24,25);1H. The zero-order valence-electron chi connectivity index (χ0n) is 16.2. The molecule has 1 heterocycles. The Balaban J connectivity index is 0.00000420. The predicted molar refractivity (Wildman–Crippen MR) is 117 cm³/mol. The number of aliphatic imine (C=N–C) groups is 1. The van der Waals surface area contributed by atoms with Gasteiger partial charge in [0.25, 0.3) is 0 Å². The maximum Gasteiger partial charge on any atom is 0.416 e. The molecule has 1 atom stereocenters. The zero-order chi connectivity index (χ0) is 20.6. The molecule has 0 amide bonds. The molecule has 0 saturated heterocycles. The molecule has 0 saturated carbocycles. The molecule has 0 fully saturated rings. The first-order valence-electron chi connectivity index (χ1n) is 8.89. The van der Waals surface area contributed by atoms with Crippen molar-refractivity contribution in [2.45, 2.75) is 25.7 Å². The number of rotatable bonds is 8. The molecule has 6 nitrogen and oxygen atoms in total. The van der Waals surface area contributed by atoms with Gasteiger partial charge in [0.05, 0.1) is 12.1 Å². The molecule has 1 aromatic heterocycles. The predicted octanol–water partition coefficient (Wildman–Crippen LogP) is 3.16. The Bertz CT molecular complexity index is 781. The minimum atomic E-state index is -4.44. The van der Waals surface area contributed by atoms with Crippen molar-refractivity contribution in [1.82, 2.24) is 15.2 Å². The number of benzene rings is 1. The van der Waals surface area contributed by atoms with Gasteiger partial charge in [0.15, 0.2) is 5.96 Å². The van der Waals surface area contributed by atoms with Crippen LogP contribution in [0.1, 0.15) is 18.1 Å². The van der Waals surface area contributed by atoms with E-state index in [1.54, 1.807) is 0 Å². The Labute approximate surface area is 185 Å². The van der Waals surface area contributed by atoms with Crippen LogP contribution in [0.15, 0.2) is 47.7 Å². The number of hydrogen-bond donors (Lipinski definition) is 3. The number of hydrogen-bond acceptors (Lipinski definition) is 3. The number of ether oxygens (including phenoxy) is 1. The number of aliphatic hydroxyl groups is 1. The van der Waals surface area contributed by atoms with Gasteiger partial charge in [-0.1, -0.05) is 6.07 Å². The number of halogens is 4. The van der Waals surface area contributed by atoms with Crippen molar-refractivity contribution < 1.29 is 23.0 Å². The molecule has 2 rings (SSSR count). The minimum Gasteiger partial charge on any atom is -0.491 e. The van der Waals surface area contributed by atoms with Crippen LogP contribution in [-0.4, -0.2) is 41.4 Å². The Kier molecular flexibility index (Phi) is 10.3. The van der Waals surface area contributed by atoms with Crippen LogP contribution < -0.4 is 15.4 Å². The molecule has 162 valence electrons. The van der Waals surface area contributed by atoms with Crippen molar-refractivity contribution in [3.8, 4) is 5.75 Å². The van der Waals surface area contributed by atoms with Crippen LogP contribution >= 0.6 is 24.0 Å². The average molecular weight is 526 g/mol. The highest BCUT2D eigenvalue weighted by Gasteiger charge is 2.30. The summed E-state index contributed by atoms with van der Waals surface area (Å²) in [5.74, 6) is 0.586. The lowest BCUT2D eigenvalue weighted by molar-refractivity contribution is -0.137. The molecule has 1 unspecified atom stereocenters. The highest BCUT2D eigenvalue weighted by molar-refractivity contribution is 14.0. The second-order valence-electron chi connectivity index (χ2n) is 6.25. The fourth-order valence-electron chi connectivity index (χ4n) is 2.39. The van der Waals surface area contributed by atoms with Gasteiger partial charge in [-0.15, -0.1) is 24.0 Å². The van der Waals surface area contributed by atoms with E-state index in [1.807, 2.05) is 37.0 Å². The van der Waals surface area contributed by atoms with E-state index in [0.717, 1.165) is 17.7 Å². The van der Waals surface area contributed by atoms with Gasteiger partial charge in [0.2, 0.25) is 0 Å². The number of alkyl halides is 3. The highest BCUT2D eigenvalue weighted by atomic mass is 127. The quantitative estimate of drug-likeness (QED) is 0.281. The summed E-state index contributed by atoms with van der Waals surface area (Å²) >= 11 is 0. The molecule has 3 N–H and O–H groups in total. The normalized spacial score (nSPS) is 12.8. The summed E-state index contributed by atoms with van der Waals surface area (Å²) in [6.07, 6.45) is -1.46. The second-order valence-corrected chi connectivity index (χ2v) is 6.25. The van der Waals surface area contributed by atoms with Gasteiger partial charge in [0.1, 0.15) is 18.5 Å². The first-order chi connectivity index (χ1) is 13.3. The lowest BCUT2D eigenvalue weighted by Gasteiger charge is -2.16. The third-order valence-electron chi connectivity index (χ3n) is 3.77. The van der Waals surface area contributed by atoms with Gasteiger partial charge in [-0.3, -0.25) is 0 Å². The Morgan fingerprint density at radius 1 is 1.28 bits per heavy atom. The van der Waals surface area contributed by atoms with Crippen LogP contribution in [0.5, 0.6) is 5.75 Å². The van der Waals surface area contributed by atoms with E-state index >= 15 is 0 Å². The molecule has 0 radical (unpaired) electrons. The van der Waals surface area contributed by atoms with E-state index in [1.165, 1.54) is 12.1 Å². The molecular formula is C19H26F3IN4O2. The van der Waals surface area contributed by atoms with Crippen molar-refractivity contribution in [2.24, 2.45) is 12.0 Å². The smallest absolute Gasteiger partial charge is 0.416 e. The first kappa shape index (κ1) is 25.1. The van der Waals surface area contributed by atoms with Gasteiger partial charge < -0.3 is 25.0 Å². The molecular weight excluding hydrogens is 500 g/mol. The molecule has 2 aromatic rings. The van der Waals surface area contributed by atoms with Crippen molar-refractivity contribution in [1.29, 1.82) is 0 Å². The van der Waals surface area contributed by atoms with E-state index in [0.29, 0.717) is 19.0 Å². The minimum absolute atomic E-state index is 0. The third-order valence-corrected chi connectivity index (χ3v) is 3.77. The fraction of sp³-hybridized carbons (Fsp3) is 0.421. The van der Waals surface area contributed by atoms with Crippen LogP contribution in [0, 0.1) is 0 Å². The maximum absolute atomic E-state index is 12.7. The van der Waals surface area contributed by atoms with E-state index in [4.69, 9.17) is 4.74 Å². The second kappa shape index (κ2) is 11.9. The van der Waals surface area contributed by atoms with Crippen molar-refractivity contribution in [2.75, 3.05) is 19.7 Å². The van der Waals surface area contributed by atoms with Crippen LogP contribution in [0.4, 0.5) is 13.2 Å². The zero-order valence-corrected chi connectivity index (χ0v) is 18.6.